The Labute approximate surface area is 171 Å². The first-order chi connectivity index (χ1) is 13.7. The van der Waals surface area contributed by atoms with Gasteiger partial charge >= 0.3 is 0 Å². The van der Waals surface area contributed by atoms with Gasteiger partial charge in [-0.25, -0.2) is 0 Å². The van der Waals surface area contributed by atoms with E-state index < -0.39 is 0 Å². The van der Waals surface area contributed by atoms with Gasteiger partial charge in [-0.05, 0) is 40.4 Å². The number of nitrogens with one attached hydrogen (secondary N) is 2. The van der Waals surface area contributed by atoms with Crippen LogP contribution in [0.5, 0.6) is 0 Å². The number of guanidine groups is 1. The molecular weight excluding hydrogens is 370 g/mol. The van der Waals surface area contributed by atoms with Crippen LogP contribution in [-0.4, -0.2) is 63.1 Å². The number of aliphatic imine (C=N–C) groups is 1. The normalized spacial score (nSPS) is 16.0. The van der Waals surface area contributed by atoms with Crippen molar-refractivity contribution in [3.05, 3.63) is 52.7 Å². The number of piperazine rings is 1. The molecule has 2 heterocycles. The van der Waals surface area contributed by atoms with Crippen molar-refractivity contribution in [3.63, 3.8) is 0 Å². The highest BCUT2D eigenvalue weighted by Gasteiger charge is 2.21. The van der Waals surface area contributed by atoms with E-state index in [-0.39, 0.29) is 12.5 Å². The highest BCUT2D eigenvalue weighted by Crippen LogP contribution is 2.17. The van der Waals surface area contributed by atoms with Crippen LogP contribution in [0.4, 0.5) is 5.69 Å². The van der Waals surface area contributed by atoms with Crippen LogP contribution >= 0.6 is 11.3 Å². The zero-order chi connectivity index (χ0) is 19.8. The lowest BCUT2D eigenvalue weighted by atomic mass is 10.1. The number of amides is 1. The van der Waals surface area contributed by atoms with Gasteiger partial charge in [-0.15, -0.1) is 0 Å². The van der Waals surface area contributed by atoms with Crippen molar-refractivity contribution >= 4 is 28.9 Å². The summed E-state index contributed by atoms with van der Waals surface area (Å²) in [6, 6.07) is 12.5. The Morgan fingerprint density at radius 2 is 1.89 bits per heavy atom. The van der Waals surface area contributed by atoms with E-state index in [1.807, 2.05) is 11.0 Å². The molecule has 1 unspecified atom stereocenters. The van der Waals surface area contributed by atoms with E-state index in [0.29, 0.717) is 11.9 Å². The Kier molecular flexibility index (Phi) is 7.31. The molecular formula is C21H29N5OS. The van der Waals surface area contributed by atoms with Crippen molar-refractivity contribution in [2.24, 2.45) is 4.99 Å². The van der Waals surface area contributed by atoms with Gasteiger partial charge in [-0.2, -0.15) is 11.3 Å². The summed E-state index contributed by atoms with van der Waals surface area (Å²) >= 11 is 1.71. The summed E-state index contributed by atoms with van der Waals surface area (Å²) in [6.07, 6.45) is 0. The third-order valence-electron chi connectivity index (χ3n) is 5.07. The summed E-state index contributed by atoms with van der Waals surface area (Å²) in [6.45, 7) is 6.44. The largest absolute Gasteiger partial charge is 0.368 e. The minimum absolute atomic E-state index is 0.113. The van der Waals surface area contributed by atoms with Gasteiger partial charge in [0.25, 0.3) is 0 Å². The number of anilines is 1. The van der Waals surface area contributed by atoms with E-state index in [1.165, 1.54) is 11.3 Å². The maximum absolute atomic E-state index is 12.6. The first kappa shape index (κ1) is 20.2. The van der Waals surface area contributed by atoms with Gasteiger partial charge < -0.3 is 20.4 Å². The van der Waals surface area contributed by atoms with E-state index in [4.69, 9.17) is 0 Å². The van der Waals surface area contributed by atoms with Crippen LogP contribution in [0, 0.1) is 0 Å². The molecule has 0 bridgehead atoms. The molecule has 2 N–H and O–H groups in total. The van der Waals surface area contributed by atoms with E-state index in [9.17, 15) is 4.79 Å². The van der Waals surface area contributed by atoms with Gasteiger partial charge in [0.1, 0.15) is 0 Å². The number of hydrogen-bond acceptors (Lipinski definition) is 4. The molecule has 2 aromatic rings. The number of hydrogen-bond donors (Lipinski definition) is 2. The number of carbonyl (C=O) groups excluding carboxylic acids is 1. The zero-order valence-electron chi connectivity index (χ0n) is 16.6. The lowest BCUT2D eigenvalue weighted by Crippen LogP contribution is -2.52. The fourth-order valence-corrected chi connectivity index (χ4v) is 4.05. The molecule has 150 valence electrons. The van der Waals surface area contributed by atoms with Crippen molar-refractivity contribution < 1.29 is 4.79 Å². The molecule has 0 spiro atoms. The number of rotatable bonds is 6. The van der Waals surface area contributed by atoms with Crippen LogP contribution in [0.15, 0.2) is 52.2 Å². The Morgan fingerprint density at radius 1 is 1.14 bits per heavy atom. The summed E-state index contributed by atoms with van der Waals surface area (Å²) < 4.78 is 0. The average molecular weight is 400 g/mol. The predicted octanol–water partition coefficient (Wildman–Crippen LogP) is 2.37. The number of nitrogens with zero attached hydrogens (tertiary/aromatic N) is 3. The lowest BCUT2D eigenvalue weighted by Gasteiger charge is -2.36. The predicted molar refractivity (Wildman–Crippen MR) is 117 cm³/mol. The molecule has 1 saturated heterocycles. The molecule has 1 atom stereocenters. The number of benzene rings is 1. The first-order valence-corrected chi connectivity index (χ1v) is 10.7. The van der Waals surface area contributed by atoms with Crippen LogP contribution in [0.25, 0.3) is 0 Å². The maximum Gasteiger partial charge on any atom is 0.242 e. The average Bonchev–Trinajstić information content (AvgIpc) is 3.29. The third kappa shape index (κ3) is 5.48. The molecule has 1 amide bonds. The minimum atomic E-state index is 0.113. The fraction of sp³-hybridized carbons (Fsp3) is 0.429. The van der Waals surface area contributed by atoms with Crippen LogP contribution in [0.3, 0.4) is 0 Å². The van der Waals surface area contributed by atoms with Crippen molar-refractivity contribution in [2.45, 2.75) is 12.8 Å². The highest BCUT2D eigenvalue weighted by molar-refractivity contribution is 7.07. The number of thiophene rings is 1. The van der Waals surface area contributed by atoms with E-state index >= 15 is 0 Å². The van der Waals surface area contributed by atoms with E-state index in [2.05, 4.69) is 68.5 Å². The van der Waals surface area contributed by atoms with Gasteiger partial charge in [0.05, 0.1) is 6.54 Å². The van der Waals surface area contributed by atoms with Crippen molar-refractivity contribution in [1.29, 1.82) is 0 Å². The molecule has 1 aromatic carbocycles. The second-order valence-corrected chi connectivity index (χ2v) is 7.75. The van der Waals surface area contributed by atoms with Crippen LogP contribution in [-0.2, 0) is 4.79 Å². The Bertz CT molecular complexity index is 754. The van der Waals surface area contributed by atoms with Crippen LogP contribution in [0.2, 0.25) is 0 Å². The Balaban J connectivity index is 1.39. The molecule has 1 aromatic heterocycles. The molecule has 3 rings (SSSR count). The molecule has 1 aliphatic rings. The minimum Gasteiger partial charge on any atom is -0.368 e. The number of para-hydroxylation sites is 1. The molecule has 6 nitrogen and oxygen atoms in total. The van der Waals surface area contributed by atoms with E-state index in [0.717, 1.165) is 32.7 Å². The standard InChI is InChI=1S/C21H29N5OS/c1-17(18-8-13-28-16-18)14-23-21(22-2)24-15-20(27)26-11-9-25(10-12-26)19-6-4-3-5-7-19/h3-8,13,16-17H,9-12,14-15H2,1-2H3,(H2,22,23,24). The second kappa shape index (κ2) is 10.1. The second-order valence-electron chi connectivity index (χ2n) is 6.97. The summed E-state index contributed by atoms with van der Waals surface area (Å²) in [5.41, 5.74) is 2.54. The SMILES string of the molecule is CN=C(NCC(=O)N1CCN(c2ccccc2)CC1)NCC(C)c1ccsc1. The molecule has 28 heavy (non-hydrogen) atoms. The molecule has 1 fully saturated rings. The van der Waals surface area contributed by atoms with Gasteiger partial charge in [0, 0.05) is 45.5 Å². The summed E-state index contributed by atoms with van der Waals surface area (Å²) in [4.78, 5) is 21.0. The lowest BCUT2D eigenvalue weighted by molar-refractivity contribution is -0.130. The van der Waals surface area contributed by atoms with Gasteiger partial charge in [0.15, 0.2) is 5.96 Å². The Hall–Kier alpha value is -2.54. The van der Waals surface area contributed by atoms with Crippen LogP contribution < -0.4 is 15.5 Å². The Morgan fingerprint density at radius 3 is 2.54 bits per heavy atom. The fourth-order valence-electron chi connectivity index (χ4n) is 3.27. The van der Waals surface area contributed by atoms with E-state index in [1.54, 1.807) is 18.4 Å². The zero-order valence-corrected chi connectivity index (χ0v) is 17.4. The molecule has 0 radical (unpaired) electrons. The van der Waals surface area contributed by atoms with Crippen molar-refractivity contribution in [1.82, 2.24) is 15.5 Å². The monoisotopic (exact) mass is 399 g/mol. The maximum atomic E-state index is 12.6. The van der Waals surface area contributed by atoms with Gasteiger partial charge in [-0.3, -0.25) is 9.79 Å². The molecule has 1 aliphatic heterocycles. The van der Waals surface area contributed by atoms with Crippen LogP contribution in [0.1, 0.15) is 18.4 Å². The summed E-state index contributed by atoms with van der Waals surface area (Å²) in [5.74, 6) is 1.17. The quantitative estimate of drug-likeness (QED) is 0.578. The molecule has 0 saturated carbocycles. The van der Waals surface area contributed by atoms with Gasteiger partial charge in [-0.1, -0.05) is 25.1 Å². The first-order valence-electron chi connectivity index (χ1n) is 9.71. The molecule has 7 heteroatoms. The molecule has 0 aliphatic carbocycles. The van der Waals surface area contributed by atoms with Crippen molar-refractivity contribution in [2.75, 3.05) is 51.2 Å². The summed E-state index contributed by atoms with van der Waals surface area (Å²) in [7, 11) is 1.73. The highest BCUT2D eigenvalue weighted by atomic mass is 32.1. The third-order valence-corrected chi connectivity index (χ3v) is 5.77. The smallest absolute Gasteiger partial charge is 0.242 e. The van der Waals surface area contributed by atoms with Crippen molar-refractivity contribution in [3.8, 4) is 0 Å². The van der Waals surface area contributed by atoms with Gasteiger partial charge in [0.2, 0.25) is 5.91 Å². The topological polar surface area (TPSA) is 60.0 Å². The summed E-state index contributed by atoms with van der Waals surface area (Å²) in [5, 5.41) is 10.7. The number of carbonyl (C=O) groups is 1.